The third kappa shape index (κ3) is 4.49. The topological polar surface area (TPSA) is 52.6 Å². The summed E-state index contributed by atoms with van der Waals surface area (Å²) in [5.41, 5.74) is 0. The molecule has 4 heteroatoms. The van der Waals surface area contributed by atoms with E-state index in [2.05, 4.69) is 5.32 Å². The Morgan fingerprint density at radius 1 is 1.38 bits per heavy atom. The van der Waals surface area contributed by atoms with E-state index in [4.69, 9.17) is 0 Å². The molecular formula is C12H24N2O2. The van der Waals surface area contributed by atoms with Gasteiger partial charge in [0.1, 0.15) is 0 Å². The van der Waals surface area contributed by atoms with Crippen LogP contribution in [0.2, 0.25) is 0 Å². The van der Waals surface area contributed by atoms with E-state index in [0.29, 0.717) is 6.42 Å². The van der Waals surface area contributed by atoms with Crippen molar-refractivity contribution in [2.45, 2.75) is 38.1 Å². The Kier molecular flexibility index (Phi) is 5.77. The Morgan fingerprint density at radius 3 is 2.69 bits per heavy atom. The van der Waals surface area contributed by atoms with Crippen molar-refractivity contribution < 1.29 is 9.90 Å². The van der Waals surface area contributed by atoms with Crippen molar-refractivity contribution >= 4 is 5.91 Å². The van der Waals surface area contributed by atoms with Crippen LogP contribution in [-0.4, -0.2) is 49.2 Å². The Labute approximate surface area is 98.0 Å². The minimum absolute atomic E-state index is 0.110. The molecule has 1 fully saturated rings. The molecule has 94 valence electrons. The molecule has 0 bridgehead atoms. The van der Waals surface area contributed by atoms with E-state index < -0.39 is 0 Å². The lowest BCUT2D eigenvalue weighted by Crippen LogP contribution is -2.44. The van der Waals surface area contributed by atoms with Crippen LogP contribution >= 0.6 is 0 Å². The maximum atomic E-state index is 11.7. The molecule has 1 rings (SSSR count). The number of nitrogens with one attached hydrogen (secondary N) is 1. The molecule has 2 unspecified atom stereocenters. The monoisotopic (exact) mass is 228 g/mol. The molecule has 16 heavy (non-hydrogen) atoms. The molecule has 0 aliphatic heterocycles. The summed E-state index contributed by atoms with van der Waals surface area (Å²) in [5, 5.41) is 12.3. The van der Waals surface area contributed by atoms with Crippen LogP contribution in [0.1, 0.15) is 32.1 Å². The van der Waals surface area contributed by atoms with Gasteiger partial charge in [-0.2, -0.15) is 0 Å². The van der Waals surface area contributed by atoms with Crippen LogP contribution < -0.4 is 5.32 Å². The third-order valence-corrected chi connectivity index (χ3v) is 3.28. The van der Waals surface area contributed by atoms with Gasteiger partial charge in [-0.15, -0.1) is 0 Å². The normalized spacial score (nSPS) is 25.8. The lowest BCUT2D eigenvalue weighted by atomic mass is 9.85. The molecule has 0 spiro atoms. The Hall–Kier alpha value is -0.610. The number of aliphatic hydroxyl groups excluding tert-OH is 1. The first kappa shape index (κ1) is 13.5. The van der Waals surface area contributed by atoms with E-state index in [-0.39, 0.29) is 24.5 Å². The second-order valence-electron chi connectivity index (χ2n) is 4.95. The van der Waals surface area contributed by atoms with E-state index in [1.807, 2.05) is 19.0 Å². The van der Waals surface area contributed by atoms with Gasteiger partial charge < -0.3 is 15.3 Å². The summed E-state index contributed by atoms with van der Waals surface area (Å²) in [5.74, 6) is 0.371. The Balaban J connectivity index is 2.30. The van der Waals surface area contributed by atoms with Crippen molar-refractivity contribution in [1.29, 1.82) is 0 Å². The van der Waals surface area contributed by atoms with Gasteiger partial charge in [0, 0.05) is 31.5 Å². The smallest absolute Gasteiger partial charge is 0.221 e. The number of rotatable bonds is 5. The number of carbonyl (C=O) groups excluding carboxylic acids is 1. The fourth-order valence-corrected chi connectivity index (χ4v) is 2.22. The predicted molar refractivity (Wildman–Crippen MR) is 64.1 cm³/mol. The van der Waals surface area contributed by atoms with Gasteiger partial charge in [-0.3, -0.25) is 4.79 Å². The van der Waals surface area contributed by atoms with Crippen LogP contribution in [0, 0.1) is 5.92 Å². The molecule has 1 aliphatic carbocycles. The molecule has 2 N–H and O–H groups in total. The fraction of sp³-hybridized carbons (Fsp3) is 0.917. The molecule has 2 atom stereocenters. The summed E-state index contributed by atoms with van der Waals surface area (Å²) in [6, 6.07) is 0.188. The highest BCUT2D eigenvalue weighted by Gasteiger charge is 2.25. The second kappa shape index (κ2) is 6.86. The molecule has 1 saturated carbocycles. The van der Waals surface area contributed by atoms with E-state index >= 15 is 0 Å². The van der Waals surface area contributed by atoms with Gasteiger partial charge >= 0.3 is 0 Å². The molecule has 0 radical (unpaired) electrons. The zero-order valence-electron chi connectivity index (χ0n) is 10.4. The number of hydrogen-bond donors (Lipinski definition) is 2. The van der Waals surface area contributed by atoms with Crippen molar-refractivity contribution in [2.75, 3.05) is 27.2 Å². The first-order valence-corrected chi connectivity index (χ1v) is 6.18. The maximum absolute atomic E-state index is 11.7. The summed E-state index contributed by atoms with van der Waals surface area (Å²) in [4.78, 5) is 13.7. The van der Waals surface area contributed by atoms with Crippen LogP contribution in [0.4, 0.5) is 0 Å². The van der Waals surface area contributed by atoms with E-state index in [1.54, 1.807) is 0 Å². The quantitative estimate of drug-likeness (QED) is 0.725. The highest BCUT2D eigenvalue weighted by atomic mass is 16.3. The lowest BCUT2D eigenvalue weighted by Gasteiger charge is -2.31. The first-order valence-electron chi connectivity index (χ1n) is 6.18. The van der Waals surface area contributed by atoms with Crippen molar-refractivity contribution in [2.24, 2.45) is 5.92 Å². The number of nitrogens with zero attached hydrogens (tertiary/aromatic N) is 1. The van der Waals surface area contributed by atoms with Crippen LogP contribution in [0.3, 0.4) is 0 Å². The fourth-order valence-electron chi connectivity index (χ4n) is 2.22. The van der Waals surface area contributed by atoms with Gasteiger partial charge in [-0.25, -0.2) is 0 Å². The molecule has 0 aromatic rings. The van der Waals surface area contributed by atoms with Crippen LogP contribution in [0.25, 0.3) is 0 Å². The SMILES string of the molecule is CN(C)CCC(=O)NC1CCCCC1CO. The zero-order chi connectivity index (χ0) is 12.0. The van der Waals surface area contributed by atoms with Gasteiger partial charge in [0.15, 0.2) is 0 Å². The van der Waals surface area contributed by atoms with Gasteiger partial charge in [-0.05, 0) is 26.9 Å². The van der Waals surface area contributed by atoms with Crippen molar-refractivity contribution in [1.82, 2.24) is 10.2 Å². The van der Waals surface area contributed by atoms with Gasteiger partial charge in [0.2, 0.25) is 5.91 Å². The Bertz CT molecular complexity index is 219. The molecule has 0 saturated heterocycles. The van der Waals surface area contributed by atoms with Crippen molar-refractivity contribution in [3.05, 3.63) is 0 Å². The summed E-state index contributed by atoms with van der Waals surface area (Å²) < 4.78 is 0. The minimum Gasteiger partial charge on any atom is -0.396 e. The van der Waals surface area contributed by atoms with Crippen LogP contribution in [0.5, 0.6) is 0 Å². The first-order chi connectivity index (χ1) is 7.63. The van der Waals surface area contributed by atoms with Crippen LogP contribution in [-0.2, 0) is 4.79 Å². The standard InChI is InChI=1S/C12H24N2O2/c1-14(2)8-7-12(16)13-11-6-4-3-5-10(11)9-15/h10-11,15H,3-9H2,1-2H3,(H,13,16). The molecule has 4 nitrogen and oxygen atoms in total. The number of aliphatic hydroxyl groups is 1. The highest BCUT2D eigenvalue weighted by Crippen LogP contribution is 2.23. The number of amides is 1. The summed E-state index contributed by atoms with van der Waals surface area (Å²) in [7, 11) is 3.93. The summed E-state index contributed by atoms with van der Waals surface area (Å²) >= 11 is 0. The van der Waals surface area contributed by atoms with E-state index in [1.165, 1.54) is 6.42 Å². The van der Waals surface area contributed by atoms with Gasteiger partial charge in [0.25, 0.3) is 0 Å². The third-order valence-electron chi connectivity index (χ3n) is 3.28. The minimum atomic E-state index is 0.110. The molecule has 1 amide bonds. The molecule has 0 heterocycles. The largest absolute Gasteiger partial charge is 0.396 e. The van der Waals surface area contributed by atoms with Crippen LogP contribution in [0.15, 0.2) is 0 Å². The second-order valence-corrected chi connectivity index (χ2v) is 4.95. The number of carbonyl (C=O) groups is 1. The average Bonchev–Trinajstić information content (AvgIpc) is 2.27. The summed E-state index contributed by atoms with van der Waals surface area (Å²) in [6.07, 6.45) is 4.93. The zero-order valence-corrected chi connectivity index (χ0v) is 10.4. The van der Waals surface area contributed by atoms with Crippen molar-refractivity contribution in [3.8, 4) is 0 Å². The van der Waals surface area contributed by atoms with Crippen molar-refractivity contribution in [3.63, 3.8) is 0 Å². The highest BCUT2D eigenvalue weighted by molar-refractivity contribution is 5.76. The Morgan fingerprint density at radius 2 is 2.06 bits per heavy atom. The maximum Gasteiger partial charge on any atom is 0.221 e. The molecule has 1 aliphatic rings. The van der Waals surface area contributed by atoms with Gasteiger partial charge in [-0.1, -0.05) is 12.8 Å². The van der Waals surface area contributed by atoms with E-state index in [0.717, 1.165) is 25.8 Å². The lowest BCUT2D eigenvalue weighted by molar-refractivity contribution is -0.122. The van der Waals surface area contributed by atoms with Gasteiger partial charge in [0.05, 0.1) is 0 Å². The molecular weight excluding hydrogens is 204 g/mol. The summed E-state index contributed by atoms with van der Waals surface area (Å²) in [6.45, 7) is 0.973. The average molecular weight is 228 g/mol. The number of hydrogen-bond acceptors (Lipinski definition) is 3. The molecule has 0 aromatic heterocycles. The predicted octanol–water partition coefficient (Wildman–Crippen LogP) is 0.605. The van der Waals surface area contributed by atoms with E-state index in [9.17, 15) is 9.90 Å². The molecule has 0 aromatic carbocycles.